The first kappa shape index (κ1) is 13.0. The zero-order chi connectivity index (χ0) is 12.1. The quantitative estimate of drug-likeness (QED) is 0.715. The van der Waals surface area contributed by atoms with E-state index in [2.05, 4.69) is 13.8 Å². The Balaban J connectivity index is 2.87. The maximum atomic E-state index is 9.48. The number of benzene rings is 1. The zero-order valence-corrected chi connectivity index (χ0v) is 9.98. The summed E-state index contributed by atoms with van der Waals surface area (Å²) in [5, 5.41) is 18.6. The molecular formula is C13H21NO2. The largest absolute Gasteiger partial charge is 0.508 e. The second-order valence-electron chi connectivity index (χ2n) is 4.39. The summed E-state index contributed by atoms with van der Waals surface area (Å²) in [6.07, 6.45) is 0.983. The number of hydrogen-bond donors (Lipinski definition) is 3. The second kappa shape index (κ2) is 5.87. The lowest BCUT2D eigenvalue weighted by Gasteiger charge is -2.20. The SMILES string of the molecule is CC(CCN)C(C)c1ccc(O)c(CO)c1. The van der Waals surface area contributed by atoms with Crippen LogP contribution in [0.1, 0.15) is 37.3 Å². The van der Waals surface area contributed by atoms with Crippen LogP contribution in [-0.2, 0) is 6.61 Å². The average molecular weight is 223 g/mol. The molecule has 3 heteroatoms. The van der Waals surface area contributed by atoms with Gasteiger partial charge < -0.3 is 15.9 Å². The maximum Gasteiger partial charge on any atom is 0.121 e. The van der Waals surface area contributed by atoms with Crippen molar-refractivity contribution in [2.45, 2.75) is 32.8 Å². The van der Waals surface area contributed by atoms with E-state index in [1.165, 1.54) is 0 Å². The van der Waals surface area contributed by atoms with Gasteiger partial charge in [-0.15, -0.1) is 0 Å². The summed E-state index contributed by atoms with van der Waals surface area (Å²) < 4.78 is 0. The Labute approximate surface area is 96.9 Å². The fraction of sp³-hybridized carbons (Fsp3) is 0.538. The van der Waals surface area contributed by atoms with Gasteiger partial charge in [0, 0.05) is 5.56 Å². The van der Waals surface area contributed by atoms with Crippen molar-refractivity contribution >= 4 is 0 Å². The molecule has 0 amide bonds. The van der Waals surface area contributed by atoms with Gasteiger partial charge in [0.2, 0.25) is 0 Å². The van der Waals surface area contributed by atoms with Crippen LogP contribution in [0.3, 0.4) is 0 Å². The summed E-state index contributed by atoms with van der Waals surface area (Å²) in [4.78, 5) is 0. The molecule has 0 aliphatic heterocycles. The molecule has 1 aromatic carbocycles. The van der Waals surface area contributed by atoms with E-state index in [0.717, 1.165) is 12.0 Å². The highest BCUT2D eigenvalue weighted by molar-refractivity contribution is 5.37. The van der Waals surface area contributed by atoms with Gasteiger partial charge in [-0.05, 0) is 42.5 Å². The summed E-state index contributed by atoms with van der Waals surface area (Å²) >= 11 is 0. The molecule has 1 rings (SSSR count). The molecule has 0 saturated heterocycles. The van der Waals surface area contributed by atoms with Crippen molar-refractivity contribution in [1.82, 2.24) is 0 Å². The first-order valence-electron chi connectivity index (χ1n) is 5.72. The number of aromatic hydroxyl groups is 1. The molecule has 4 N–H and O–H groups in total. The number of phenols is 1. The van der Waals surface area contributed by atoms with Crippen molar-refractivity contribution in [2.75, 3.05) is 6.54 Å². The number of nitrogens with two attached hydrogens (primary N) is 1. The molecule has 0 radical (unpaired) electrons. The predicted molar refractivity (Wildman–Crippen MR) is 65.3 cm³/mol. The minimum Gasteiger partial charge on any atom is -0.508 e. The molecule has 2 unspecified atom stereocenters. The van der Waals surface area contributed by atoms with E-state index < -0.39 is 0 Å². The van der Waals surface area contributed by atoms with E-state index in [1.807, 2.05) is 12.1 Å². The molecule has 0 aliphatic rings. The average Bonchev–Trinajstić information content (AvgIpc) is 2.29. The summed E-state index contributed by atoms with van der Waals surface area (Å²) in [5.41, 5.74) is 7.27. The lowest BCUT2D eigenvalue weighted by Crippen LogP contribution is -2.12. The van der Waals surface area contributed by atoms with E-state index in [-0.39, 0.29) is 12.4 Å². The van der Waals surface area contributed by atoms with Gasteiger partial charge in [-0.1, -0.05) is 19.9 Å². The van der Waals surface area contributed by atoms with Crippen molar-refractivity contribution in [1.29, 1.82) is 0 Å². The van der Waals surface area contributed by atoms with Crippen LogP contribution in [0.25, 0.3) is 0 Å². The first-order valence-corrected chi connectivity index (χ1v) is 5.72. The molecule has 0 fully saturated rings. The summed E-state index contributed by atoms with van der Waals surface area (Å²) in [5.74, 6) is 1.04. The van der Waals surface area contributed by atoms with Crippen LogP contribution < -0.4 is 5.73 Å². The van der Waals surface area contributed by atoms with Gasteiger partial charge in [-0.3, -0.25) is 0 Å². The molecule has 0 aliphatic carbocycles. The van der Waals surface area contributed by atoms with Gasteiger partial charge in [-0.25, -0.2) is 0 Å². The Morgan fingerprint density at radius 2 is 2.00 bits per heavy atom. The van der Waals surface area contributed by atoms with Crippen molar-refractivity contribution in [3.8, 4) is 5.75 Å². The maximum absolute atomic E-state index is 9.48. The van der Waals surface area contributed by atoms with E-state index in [1.54, 1.807) is 6.07 Å². The predicted octanol–water partition coefficient (Wildman–Crippen LogP) is 1.97. The van der Waals surface area contributed by atoms with Gasteiger partial charge in [0.05, 0.1) is 6.61 Å². The third-order valence-corrected chi connectivity index (χ3v) is 3.28. The summed E-state index contributed by atoms with van der Waals surface area (Å²) in [7, 11) is 0. The minimum atomic E-state index is -0.127. The molecule has 1 aromatic rings. The van der Waals surface area contributed by atoms with Gasteiger partial charge in [0.25, 0.3) is 0 Å². The lowest BCUT2D eigenvalue weighted by atomic mass is 9.86. The third kappa shape index (κ3) is 2.97. The van der Waals surface area contributed by atoms with Crippen LogP contribution in [0, 0.1) is 5.92 Å². The second-order valence-corrected chi connectivity index (χ2v) is 4.39. The molecule has 0 spiro atoms. The Hall–Kier alpha value is -1.06. The van der Waals surface area contributed by atoms with Crippen molar-refractivity contribution in [3.05, 3.63) is 29.3 Å². The van der Waals surface area contributed by atoms with Crippen LogP contribution >= 0.6 is 0 Å². The number of rotatable bonds is 5. The normalized spacial score (nSPS) is 14.8. The highest BCUT2D eigenvalue weighted by Gasteiger charge is 2.14. The minimum absolute atomic E-state index is 0.127. The zero-order valence-electron chi connectivity index (χ0n) is 9.98. The van der Waals surface area contributed by atoms with Crippen LogP contribution in [0.2, 0.25) is 0 Å². The van der Waals surface area contributed by atoms with Crippen molar-refractivity contribution in [3.63, 3.8) is 0 Å². The van der Waals surface area contributed by atoms with Crippen LogP contribution in [-0.4, -0.2) is 16.8 Å². The number of aliphatic hydroxyl groups is 1. The van der Waals surface area contributed by atoms with Gasteiger partial charge in [0.1, 0.15) is 5.75 Å². The molecule has 0 saturated carbocycles. The van der Waals surface area contributed by atoms with Crippen LogP contribution in [0.5, 0.6) is 5.75 Å². The molecule has 3 nitrogen and oxygen atoms in total. The van der Waals surface area contributed by atoms with E-state index >= 15 is 0 Å². The molecular weight excluding hydrogens is 202 g/mol. The first-order chi connectivity index (χ1) is 7.60. The van der Waals surface area contributed by atoms with Crippen molar-refractivity contribution in [2.24, 2.45) is 11.7 Å². The fourth-order valence-electron chi connectivity index (χ4n) is 1.86. The fourth-order valence-corrected chi connectivity index (χ4v) is 1.86. The Bertz CT molecular complexity index is 339. The van der Waals surface area contributed by atoms with Crippen molar-refractivity contribution < 1.29 is 10.2 Å². The molecule has 16 heavy (non-hydrogen) atoms. The lowest BCUT2D eigenvalue weighted by molar-refractivity contribution is 0.275. The van der Waals surface area contributed by atoms with E-state index in [0.29, 0.717) is 23.9 Å². The Morgan fingerprint density at radius 1 is 1.31 bits per heavy atom. The molecule has 0 bridgehead atoms. The summed E-state index contributed by atoms with van der Waals surface area (Å²) in [6.45, 7) is 4.88. The molecule has 2 atom stereocenters. The monoisotopic (exact) mass is 223 g/mol. The number of hydrogen-bond acceptors (Lipinski definition) is 3. The van der Waals surface area contributed by atoms with Crippen LogP contribution in [0.4, 0.5) is 0 Å². The number of aliphatic hydroxyl groups excluding tert-OH is 1. The standard InChI is InChI=1S/C13H21NO2/c1-9(5-6-14)10(2)11-3-4-13(16)12(7-11)8-15/h3-4,7,9-10,15-16H,5-6,8,14H2,1-2H3. The van der Waals surface area contributed by atoms with Gasteiger partial charge in [0.15, 0.2) is 0 Å². The molecule has 90 valence electrons. The topological polar surface area (TPSA) is 66.5 Å². The Morgan fingerprint density at radius 3 is 2.56 bits per heavy atom. The van der Waals surface area contributed by atoms with Gasteiger partial charge >= 0.3 is 0 Å². The van der Waals surface area contributed by atoms with E-state index in [9.17, 15) is 5.11 Å². The molecule has 0 heterocycles. The summed E-state index contributed by atoms with van der Waals surface area (Å²) in [6, 6.07) is 5.42. The highest BCUT2D eigenvalue weighted by Crippen LogP contribution is 2.29. The molecule has 0 aromatic heterocycles. The third-order valence-electron chi connectivity index (χ3n) is 3.28. The van der Waals surface area contributed by atoms with Gasteiger partial charge in [-0.2, -0.15) is 0 Å². The van der Waals surface area contributed by atoms with Crippen LogP contribution in [0.15, 0.2) is 18.2 Å². The smallest absolute Gasteiger partial charge is 0.121 e. The van der Waals surface area contributed by atoms with E-state index in [4.69, 9.17) is 10.8 Å². The Kier molecular flexibility index (Phi) is 4.77. The highest BCUT2D eigenvalue weighted by atomic mass is 16.3.